The molecule has 7 heteroatoms. The van der Waals surface area contributed by atoms with Crippen molar-refractivity contribution < 1.29 is 9.59 Å². The Morgan fingerprint density at radius 3 is 2.38 bits per heavy atom. The molecule has 0 fully saturated rings. The van der Waals surface area contributed by atoms with Crippen LogP contribution in [-0.2, 0) is 9.59 Å². The minimum Gasteiger partial charge on any atom is -0.325 e. The number of carbonyl (C=O) groups is 2. The van der Waals surface area contributed by atoms with Gasteiger partial charge in [0.2, 0.25) is 11.8 Å². The Balaban J connectivity index is 1.50. The van der Waals surface area contributed by atoms with Gasteiger partial charge in [0.1, 0.15) is 0 Å². The van der Waals surface area contributed by atoms with E-state index in [-0.39, 0.29) is 24.9 Å². The van der Waals surface area contributed by atoms with Gasteiger partial charge in [0.15, 0.2) is 5.13 Å². The Morgan fingerprint density at radius 2 is 1.66 bits per heavy atom. The van der Waals surface area contributed by atoms with Gasteiger partial charge < -0.3 is 10.6 Å². The fourth-order valence-corrected chi connectivity index (χ4v) is 3.59. The van der Waals surface area contributed by atoms with E-state index in [9.17, 15) is 9.59 Å². The number of anilines is 2. The molecule has 150 valence electrons. The van der Waals surface area contributed by atoms with Crippen LogP contribution in [0.1, 0.15) is 11.1 Å². The molecule has 2 N–H and O–H groups in total. The van der Waals surface area contributed by atoms with Crippen molar-refractivity contribution >= 4 is 34.0 Å². The van der Waals surface area contributed by atoms with Gasteiger partial charge in [0, 0.05) is 16.6 Å². The second-order valence-electron chi connectivity index (χ2n) is 6.92. The number of carbonyl (C=O) groups excluding carboxylic acids is 2. The molecule has 0 aliphatic rings. The first-order valence-electron chi connectivity index (χ1n) is 9.28. The molecule has 0 radical (unpaired) electrons. The predicted molar refractivity (Wildman–Crippen MR) is 118 cm³/mol. The lowest BCUT2D eigenvalue weighted by molar-refractivity contribution is -0.119. The third kappa shape index (κ3) is 5.73. The second kappa shape index (κ2) is 9.45. The van der Waals surface area contributed by atoms with E-state index in [1.807, 2.05) is 67.8 Å². The molecule has 29 heavy (non-hydrogen) atoms. The summed E-state index contributed by atoms with van der Waals surface area (Å²) in [4.78, 5) is 30.7. The van der Waals surface area contributed by atoms with E-state index in [0.29, 0.717) is 5.13 Å². The minimum absolute atomic E-state index is 0.0977. The van der Waals surface area contributed by atoms with Crippen LogP contribution in [0.25, 0.3) is 11.3 Å². The number of nitrogens with zero attached hydrogens (tertiary/aromatic N) is 2. The first-order valence-corrected chi connectivity index (χ1v) is 10.2. The van der Waals surface area contributed by atoms with Gasteiger partial charge in [0.05, 0.1) is 18.8 Å². The fourth-order valence-electron chi connectivity index (χ4n) is 2.85. The van der Waals surface area contributed by atoms with Gasteiger partial charge >= 0.3 is 0 Å². The molecule has 0 aliphatic carbocycles. The van der Waals surface area contributed by atoms with Gasteiger partial charge in [-0.1, -0.05) is 42.5 Å². The number of likely N-dealkylation sites (N-methyl/N-ethyl adjacent to an activating group) is 1. The molecule has 0 saturated carbocycles. The van der Waals surface area contributed by atoms with Crippen molar-refractivity contribution in [2.24, 2.45) is 0 Å². The molecule has 0 atom stereocenters. The maximum absolute atomic E-state index is 12.3. The lowest BCUT2D eigenvalue weighted by Gasteiger charge is -2.16. The average molecular weight is 409 g/mol. The molecule has 0 bridgehead atoms. The summed E-state index contributed by atoms with van der Waals surface area (Å²) in [5.41, 5.74) is 4.79. The molecule has 0 spiro atoms. The molecule has 1 aromatic heterocycles. The molecule has 3 aromatic rings. The topological polar surface area (TPSA) is 74.3 Å². The number of nitrogens with one attached hydrogen (secondary N) is 2. The molecule has 2 aromatic carbocycles. The zero-order valence-corrected chi connectivity index (χ0v) is 17.5. The number of benzene rings is 2. The molecule has 0 saturated heterocycles. The summed E-state index contributed by atoms with van der Waals surface area (Å²) in [5.74, 6) is -0.365. The molecular weight excluding hydrogens is 384 g/mol. The SMILES string of the molecule is Cc1cccc(NC(=O)CN(C)CC(=O)Nc2nc(-c3ccccc3)cs2)c1C. The van der Waals surface area contributed by atoms with Crippen LogP contribution in [0.4, 0.5) is 10.8 Å². The first kappa shape index (κ1) is 20.7. The van der Waals surface area contributed by atoms with E-state index in [2.05, 4.69) is 15.6 Å². The highest BCUT2D eigenvalue weighted by atomic mass is 32.1. The summed E-state index contributed by atoms with van der Waals surface area (Å²) in [5, 5.41) is 8.15. The lowest BCUT2D eigenvalue weighted by atomic mass is 10.1. The maximum atomic E-state index is 12.3. The second-order valence-corrected chi connectivity index (χ2v) is 7.78. The minimum atomic E-state index is -0.207. The van der Waals surface area contributed by atoms with Gasteiger partial charge in [-0.15, -0.1) is 11.3 Å². The summed E-state index contributed by atoms with van der Waals surface area (Å²) in [6, 6.07) is 15.6. The number of aryl methyl sites for hydroxylation is 1. The summed E-state index contributed by atoms with van der Waals surface area (Å²) >= 11 is 1.38. The summed E-state index contributed by atoms with van der Waals surface area (Å²) < 4.78 is 0. The number of hydrogen-bond donors (Lipinski definition) is 2. The van der Waals surface area contributed by atoms with Crippen LogP contribution in [0, 0.1) is 13.8 Å². The zero-order chi connectivity index (χ0) is 20.8. The van der Waals surface area contributed by atoms with Crippen molar-refractivity contribution in [3.05, 3.63) is 65.0 Å². The highest BCUT2D eigenvalue weighted by molar-refractivity contribution is 7.14. The smallest absolute Gasteiger partial charge is 0.240 e. The number of aromatic nitrogens is 1. The van der Waals surface area contributed by atoms with Crippen molar-refractivity contribution in [3.8, 4) is 11.3 Å². The quantitative estimate of drug-likeness (QED) is 0.621. The van der Waals surface area contributed by atoms with Crippen LogP contribution in [0.3, 0.4) is 0 Å². The Kier molecular flexibility index (Phi) is 6.74. The van der Waals surface area contributed by atoms with Crippen LogP contribution >= 0.6 is 11.3 Å². The molecule has 6 nitrogen and oxygen atoms in total. The Morgan fingerprint density at radius 1 is 0.966 bits per heavy atom. The molecule has 3 rings (SSSR count). The third-order valence-corrected chi connectivity index (χ3v) is 5.28. The van der Waals surface area contributed by atoms with Crippen LogP contribution in [0.5, 0.6) is 0 Å². The summed E-state index contributed by atoms with van der Waals surface area (Å²) in [7, 11) is 1.74. The number of rotatable bonds is 7. The van der Waals surface area contributed by atoms with Crippen LogP contribution in [0.2, 0.25) is 0 Å². The molecule has 2 amide bonds. The van der Waals surface area contributed by atoms with E-state index in [1.54, 1.807) is 11.9 Å². The lowest BCUT2D eigenvalue weighted by Crippen LogP contribution is -2.36. The fraction of sp³-hybridized carbons (Fsp3) is 0.227. The van der Waals surface area contributed by atoms with Crippen molar-refractivity contribution in [2.75, 3.05) is 30.8 Å². The first-order chi connectivity index (χ1) is 13.9. The number of thiazole rings is 1. The van der Waals surface area contributed by atoms with Gasteiger partial charge in [-0.25, -0.2) is 4.98 Å². The van der Waals surface area contributed by atoms with E-state index in [1.165, 1.54) is 11.3 Å². The van der Waals surface area contributed by atoms with E-state index in [4.69, 9.17) is 0 Å². The Bertz CT molecular complexity index is 1000. The van der Waals surface area contributed by atoms with E-state index >= 15 is 0 Å². The molecular formula is C22H24N4O2S. The van der Waals surface area contributed by atoms with Gasteiger partial charge in [0.25, 0.3) is 0 Å². The van der Waals surface area contributed by atoms with Crippen molar-refractivity contribution in [1.29, 1.82) is 0 Å². The zero-order valence-electron chi connectivity index (χ0n) is 16.7. The highest BCUT2D eigenvalue weighted by Crippen LogP contribution is 2.24. The normalized spacial score (nSPS) is 10.8. The number of amides is 2. The standard InChI is InChI=1S/C22H24N4O2S/c1-15-8-7-11-18(16(15)2)23-20(27)12-26(3)13-21(28)25-22-24-19(14-29-22)17-9-5-4-6-10-17/h4-11,14H,12-13H2,1-3H3,(H,23,27)(H,24,25,28). The predicted octanol–water partition coefficient (Wildman–Crippen LogP) is 3.94. The maximum Gasteiger partial charge on any atom is 0.240 e. The third-order valence-electron chi connectivity index (χ3n) is 4.53. The average Bonchev–Trinajstić information content (AvgIpc) is 3.14. The van der Waals surface area contributed by atoms with Crippen LogP contribution in [-0.4, -0.2) is 41.8 Å². The van der Waals surface area contributed by atoms with Gasteiger partial charge in [-0.2, -0.15) is 0 Å². The molecule has 0 aliphatic heterocycles. The molecule has 0 unspecified atom stereocenters. The largest absolute Gasteiger partial charge is 0.325 e. The van der Waals surface area contributed by atoms with Crippen LogP contribution in [0.15, 0.2) is 53.9 Å². The van der Waals surface area contributed by atoms with Gasteiger partial charge in [-0.05, 0) is 38.1 Å². The van der Waals surface area contributed by atoms with Crippen molar-refractivity contribution in [1.82, 2.24) is 9.88 Å². The van der Waals surface area contributed by atoms with Gasteiger partial charge in [-0.3, -0.25) is 14.5 Å². The summed E-state index contributed by atoms with van der Waals surface area (Å²) in [6.07, 6.45) is 0. The monoisotopic (exact) mass is 408 g/mol. The number of hydrogen-bond acceptors (Lipinski definition) is 5. The Hall–Kier alpha value is -3.03. The van der Waals surface area contributed by atoms with E-state index in [0.717, 1.165) is 28.1 Å². The molecule has 1 heterocycles. The van der Waals surface area contributed by atoms with Crippen molar-refractivity contribution in [3.63, 3.8) is 0 Å². The Labute approximate surface area is 174 Å². The van der Waals surface area contributed by atoms with Crippen molar-refractivity contribution in [2.45, 2.75) is 13.8 Å². The summed E-state index contributed by atoms with van der Waals surface area (Å²) in [6.45, 7) is 4.19. The van der Waals surface area contributed by atoms with E-state index < -0.39 is 0 Å². The van der Waals surface area contributed by atoms with Crippen LogP contribution < -0.4 is 10.6 Å². The highest BCUT2D eigenvalue weighted by Gasteiger charge is 2.14.